The van der Waals surface area contributed by atoms with E-state index in [-0.39, 0.29) is 0 Å². The smallest absolute Gasteiger partial charge is 0.176 e. The molecule has 0 bridgehead atoms. The number of nitrogens with one attached hydrogen (secondary N) is 1. The maximum atomic E-state index is 4.39. The molecule has 0 atom stereocenters. The molecular weight excluding hydrogens is 250 g/mol. The highest BCUT2D eigenvalue weighted by Gasteiger charge is 2.06. The summed E-state index contributed by atoms with van der Waals surface area (Å²) in [5.41, 5.74) is 2.22. The van der Waals surface area contributed by atoms with E-state index in [2.05, 4.69) is 45.2 Å². The van der Waals surface area contributed by atoms with Gasteiger partial charge in [-0.2, -0.15) is 5.10 Å². The third-order valence-corrected chi connectivity index (χ3v) is 3.23. The first-order valence-corrected chi connectivity index (χ1v) is 6.71. The van der Waals surface area contributed by atoms with Crippen LogP contribution in [0.2, 0.25) is 0 Å². The van der Waals surface area contributed by atoms with Crippen LogP contribution in [0.25, 0.3) is 5.82 Å². The van der Waals surface area contributed by atoms with Gasteiger partial charge < -0.3 is 9.88 Å². The zero-order chi connectivity index (χ0) is 13.8. The average Bonchev–Trinajstić information content (AvgIpc) is 3.16. The van der Waals surface area contributed by atoms with Crippen LogP contribution in [0.15, 0.2) is 55.1 Å². The van der Waals surface area contributed by atoms with Crippen molar-refractivity contribution in [2.45, 2.75) is 20.0 Å². The average molecular weight is 267 g/mol. The van der Waals surface area contributed by atoms with Crippen LogP contribution in [-0.4, -0.2) is 19.3 Å². The fourth-order valence-corrected chi connectivity index (χ4v) is 2.22. The highest BCUT2D eigenvalue weighted by atomic mass is 15.3. The standard InChI is InChI=1S/C15H17N5/c1-2-19-10-4-6-13(19)12-17-14-7-3-8-16-15(14)20-11-5-9-18-20/h3-11,17H,2,12H2,1H3. The number of rotatable bonds is 5. The Morgan fingerprint density at radius 1 is 1.10 bits per heavy atom. The van der Waals surface area contributed by atoms with Crippen LogP contribution in [-0.2, 0) is 13.1 Å². The van der Waals surface area contributed by atoms with E-state index in [1.807, 2.05) is 24.4 Å². The molecule has 0 aliphatic heterocycles. The van der Waals surface area contributed by atoms with Crippen LogP contribution in [0, 0.1) is 0 Å². The van der Waals surface area contributed by atoms with Crippen molar-refractivity contribution < 1.29 is 0 Å². The number of nitrogens with zero attached hydrogens (tertiary/aromatic N) is 4. The zero-order valence-corrected chi connectivity index (χ0v) is 11.4. The Kier molecular flexibility index (Phi) is 3.50. The third kappa shape index (κ3) is 2.42. The van der Waals surface area contributed by atoms with Gasteiger partial charge in [0.15, 0.2) is 5.82 Å². The second kappa shape index (κ2) is 5.61. The second-order valence-electron chi connectivity index (χ2n) is 4.46. The zero-order valence-electron chi connectivity index (χ0n) is 11.4. The van der Waals surface area contributed by atoms with Crippen LogP contribution in [0.1, 0.15) is 12.6 Å². The van der Waals surface area contributed by atoms with Crippen molar-refractivity contribution in [2.24, 2.45) is 0 Å². The van der Waals surface area contributed by atoms with E-state index in [4.69, 9.17) is 0 Å². The molecule has 0 spiro atoms. The number of hydrogen-bond acceptors (Lipinski definition) is 3. The summed E-state index contributed by atoms with van der Waals surface area (Å²) in [5, 5.41) is 7.67. The first kappa shape index (κ1) is 12.5. The van der Waals surface area contributed by atoms with Crippen molar-refractivity contribution in [3.05, 3.63) is 60.8 Å². The molecule has 0 radical (unpaired) electrons. The SMILES string of the molecule is CCn1cccc1CNc1cccnc1-n1cccn1. The molecule has 0 unspecified atom stereocenters. The summed E-state index contributed by atoms with van der Waals surface area (Å²) >= 11 is 0. The lowest BCUT2D eigenvalue weighted by Crippen LogP contribution is -2.09. The van der Waals surface area contributed by atoms with Gasteiger partial charge in [0, 0.05) is 37.0 Å². The van der Waals surface area contributed by atoms with Crippen molar-refractivity contribution in [2.75, 3.05) is 5.32 Å². The lowest BCUT2D eigenvalue weighted by atomic mass is 10.3. The van der Waals surface area contributed by atoms with Crippen molar-refractivity contribution in [1.29, 1.82) is 0 Å². The van der Waals surface area contributed by atoms with Crippen molar-refractivity contribution >= 4 is 5.69 Å². The first-order valence-electron chi connectivity index (χ1n) is 6.71. The highest BCUT2D eigenvalue weighted by molar-refractivity contribution is 5.56. The van der Waals surface area contributed by atoms with Gasteiger partial charge in [0.25, 0.3) is 0 Å². The minimum absolute atomic E-state index is 0.765. The molecule has 5 heteroatoms. The topological polar surface area (TPSA) is 47.7 Å². The van der Waals surface area contributed by atoms with E-state index in [1.54, 1.807) is 17.1 Å². The summed E-state index contributed by atoms with van der Waals surface area (Å²) in [6.07, 6.45) is 7.51. The Morgan fingerprint density at radius 2 is 2.05 bits per heavy atom. The van der Waals surface area contributed by atoms with Gasteiger partial charge in [-0.1, -0.05) is 0 Å². The van der Waals surface area contributed by atoms with Gasteiger partial charge in [0.1, 0.15) is 0 Å². The van der Waals surface area contributed by atoms with Crippen molar-refractivity contribution in [1.82, 2.24) is 19.3 Å². The van der Waals surface area contributed by atoms with E-state index < -0.39 is 0 Å². The Balaban J connectivity index is 1.81. The summed E-state index contributed by atoms with van der Waals surface area (Å²) in [4.78, 5) is 4.39. The molecule has 0 fully saturated rings. The first-order chi connectivity index (χ1) is 9.88. The Bertz CT molecular complexity index is 669. The Labute approximate surface area is 117 Å². The quantitative estimate of drug-likeness (QED) is 0.773. The van der Waals surface area contributed by atoms with Gasteiger partial charge in [0.2, 0.25) is 0 Å². The molecule has 20 heavy (non-hydrogen) atoms. The predicted octanol–water partition coefficient (Wildman–Crippen LogP) is 2.70. The van der Waals surface area contributed by atoms with Gasteiger partial charge in [-0.25, -0.2) is 9.67 Å². The van der Waals surface area contributed by atoms with Crippen molar-refractivity contribution in [3.8, 4) is 5.82 Å². The Morgan fingerprint density at radius 3 is 2.85 bits per heavy atom. The maximum Gasteiger partial charge on any atom is 0.176 e. The summed E-state index contributed by atoms with van der Waals surface area (Å²) in [6.45, 7) is 3.88. The van der Waals surface area contributed by atoms with E-state index in [0.717, 1.165) is 24.6 Å². The van der Waals surface area contributed by atoms with Crippen LogP contribution in [0.3, 0.4) is 0 Å². The number of pyridine rings is 1. The molecular formula is C15H17N5. The summed E-state index contributed by atoms with van der Waals surface area (Å²) in [7, 11) is 0. The van der Waals surface area contributed by atoms with Crippen molar-refractivity contribution in [3.63, 3.8) is 0 Å². The second-order valence-corrected chi connectivity index (χ2v) is 4.46. The van der Waals surface area contributed by atoms with Gasteiger partial charge in [0.05, 0.1) is 12.2 Å². The Hall–Kier alpha value is -2.56. The molecule has 0 aliphatic carbocycles. The molecule has 3 heterocycles. The summed E-state index contributed by atoms with van der Waals surface area (Å²) in [6, 6.07) is 10.0. The molecule has 3 rings (SSSR count). The molecule has 3 aromatic heterocycles. The van der Waals surface area contributed by atoms with Gasteiger partial charge in [-0.05, 0) is 37.3 Å². The monoisotopic (exact) mass is 267 g/mol. The molecule has 5 nitrogen and oxygen atoms in total. The molecule has 1 N–H and O–H groups in total. The molecule has 0 aromatic carbocycles. The lowest BCUT2D eigenvalue weighted by molar-refractivity contribution is 0.723. The fraction of sp³-hybridized carbons (Fsp3) is 0.200. The van der Waals surface area contributed by atoms with Gasteiger partial charge in [-0.3, -0.25) is 0 Å². The third-order valence-electron chi connectivity index (χ3n) is 3.23. The molecule has 0 amide bonds. The highest BCUT2D eigenvalue weighted by Crippen LogP contribution is 2.17. The van der Waals surface area contributed by atoms with Gasteiger partial charge in [-0.15, -0.1) is 0 Å². The van der Waals surface area contributed by atoms with Crippen LogP contribution in [0.4, 0.5) is 5.69 Å². The number of aryl methyl sites for hydroxylation is 1. The predicted molar refractivity (Wildman–Crippen MR) is 78.8 cm³/mol. The number of anilines is 1. The van der Waals surface area contributed by atoms with E-state index in [1.165, 1.54) is 5.69 Å². The fourth-order valence-electron chi connectivity index (χ4n) is 2.22. The lowest BCUT2D eigenvalue weighted by Gasteiger charge is -2.12. The van der Waals surface area contributed by atoms with Crippen LogP contribution >= 0.6 is 0 Å². The normalized spacial score (nSPS) is 10.7. The molecule has 102 valence electrons. The van der Waals surface area contributed by atoms with E-state index in [9.17, 15) is 0 Å². The maximum absolute atomic E-state index is 4.39. The number of hydrogen-bond donors (Lipinski definition) is 1. The molecule has 3 aromatic rings. The minimum Gasteiger partial charge on any atom is -0.376 e. The van der Waals surface area contributed by atoms with Crippen LogP contribution in [0.5, 0.6) is 0 Å². The van der Waals surface area contributed by atoms with Crippen LogP contribution < -0.4 is 5.32 Å². The largest absolute Gasteiger partial charge is 0.376 e. The molecule has 0 aliphatic rings. The summed E-state index contributed by atoms with van der Waals surface area (Å²) < 4.78 is 3.98. The van der Waals surface area contributed by atoms with E-state index in [0.29, 0.717) is 0 Å². The summed E-state index contributed by atoms with van der Waals surface area (Å²) in [5.74, 6) is 0.812. The van der Waals surface area contributed by atoms with Gasteiger partial charge >= 0.3 is 0 Å². The molecule has 0 saturated carbocycles. The number of aromatic nitrogens is 4. The molecule has 0 saturated heterocycles. The minimum atomic E-state index is 0.765. The van der Waals surface area contributed by atoms with E-state index >= 15 is 0 Å².